The Morgan fingerprint density at radius 2 is 1.04 bits per heavy atom. The Balaban J connectivity index is 4.20. The quantitative estimate of drug-likeness (QED) is 0.306. The van der Waals surface area contributed by atoms with Crippen molar-refractivity contribution in [3.8, 4) is 0 Å². The summed E-state index contributed by atoms with van der Waals surface area (Å²) in [5.41, 5.74) is 0.0442. The van der Waals surface area contributed by atoms with E-state index in [4.69, 9.17) is 4.43 Å². The number of rotatable bonds is 16. The Kier molecular flexibility index (Phi) is 15.2. The average molecular weight is 374 g/mol. The van der Waals surface area contributed by atoms with Gasteiger partial charge in [0, 0.05) is 5.60 Å². The van der Waals surface area contributed by atoms with E-state index in [1.54, 1.807) is 0 Å². The largest absolute Gasteiger partial charge is 0.419 e. The maximum absolute atomic E-state index is 6.03. The lowest BCUT2D eigenvalue weighted by Gasteiger charge is -2.27. The van der Waals surface area contributed by atoms with Gasteiger partial charge in [0.25, 0.3) is 0 Å². The van der Waals surface area contributed by atoms with Crippen LogP contribution < -0.4 is 0 Å². The fourth-order valence-electron chi connectivity index (χ4n) is 3.12. The van der Waals surface area contributed by atoms with Crippen molar-refractivity contribution in [2.75, 3.05) is 58.9 Å². The molecule has 4 nitrogen and oxygen atoms in total. The van der Waals surface area contributed by atoms with E-state index in [0.717, 1.165) is 0 Å². The van der Waals surface area contributed by atoms with Gasteiger partial charge in [0.05, 0.1) is 0 Å². The molecule has 0 unspecified atom stereocenters. The van der Waals surface area contributed by atoms with Gasteiger partial charge >= 0.3 is 0 Å². The Morgan fingerprint density at radius 3 is 1.40 bits per heavy atom. The molecule has 0 radical (unpaired) electrons. The molecule has 0 bridgehead atoms. The van der Waals surface area contributed by atoms with E-state index in [2.05, 4.69) is 63.2 Å². The molecule has 0 aromatic rings. The maximum atomic E-state index is 6.03. The van der Waals surface area contributed by atoms with Crippen molar-refractivity contribution in [2.24, 2.45) is 0 Å². The number of nitrogens with zero attached hydrogens (tertiary/aromatic N) is 3. The van der Waals surface area contributed by atoms with Crippen molar-refractivity contribution in [3.63, 3.8) is 0 Å². The highest BCUT2D eigenvalue weighted by atomic mass is 28.2. The molecule has 0 N–H and O–H groups in total. The standard InChI is InChI=1S/C20H47N3OSi/c1-8-21(9-2)14-12-16-23(17-13-15-22(10-3)11-4)18-19-25-24-20(5,6)7/h8-19,25H2,1-7H3. The minimum absolute atomic E-state index is 0.0442. The molecule has 0 aliphatic carbocycles. The predicted octanol–water partition coefficient (Wildman–Crippen LogP) is 3.07. The highest BCUT2D eigenvalue weighted by molar-refractivity contribution is 6.27. The minimum atomic E-state index is -0.394. The van der Waals surface area contributed by atoms with Crippen LogP contribution in [0.2, 0.25) is 6.04 Å². The van der Waals surface area contributed by atoms with Gasteiger partial charge < -0.3 is 19.1 Å². The molecule has 0 aromatic heterocycles. The Morgan fingerprint density at radius 1 is 0.640 bits per heavy atom. The van der Waals surface area contributed by atoms with Crippen LogP contribution in [0.15, 0.2) is 0 Å². The summed E-state index contributed by atoms with van der Waals surface area (Å²) in [6.07, 6.45) is 2.57. The van der Waals surface area contributed by atoms with Crippen molar-refractivity contribution in [1.29, 1.82) is 0 Å². The zero-order valence-electron chi connectivity index (χ0n) is 18.4. The van der Waals surface area contributed by atoms with E-state index in [9.17, 15) is 0 Å². The molecule has 0 amide bonds. The van der Waals surface area contributed by atoms with E-state index in [1.807, 2.05) is 0 Å². The summed E-state index contributed by atoms with van der Waals surface area (Å²) in [6, 6.07) is 1.27. The molecule has 0 fully saturated rings. The van der Waals surface area contributed by atoms with Crippen molar-refractivity contribution in [1.82, 2.24) is 14.7 Å². The minimum Gasteiger partial charge on any atom is -0.419 e. The summed E-state index contributed by atoms with van der Waals surface area (Å²) < 4.78 is 6.03. The lowest BCUT2D eigenvalue weighted by molar-refractivity contribution is 0.136. The highest BCUT2D eigenvalue weighted by Gasteiger charge is 2.11. The molecular formula is C20H47N3OSi. The molecule has 5 heteroatoms. The van der Waals surface area contributed by atoms with E-state index < -0.39 is 9.76 Å². The molecule has 0 rings (SSSR count). The number of hydrogen-bond donors (Lipinski definition) is 0. The molecule has 0 saturated heterocycles. The summed E-state index contributed by atoms with van der Waals surface area (Å²) >= 11 is 0. The van der Waals surface area contributed by atoms with Crippen LogP contribution in [0.1, 0.15) is 61.3 Å². The first kappa shape index (κ1) is 25.1. The summed E-state index contributed by atoms with van der Waals surface area (Å²) in [6.45, 7) is 26.4. The zero-order valence-corrected chi connectivity index (χ0v) is 19.9. The van der Waals surface area contributed by atoms with E-state index in [0.29, 0.717) is 0 Å². The molecule has 0 aliphatic heterocycles. The molecule has 0 saturated carbocycles. The third-order valence-electron chi connectivity index (χ3n) is 4.84. The van der Waals surface area contributed by atoms with Crippen molar-refractivity contribution in [3.05, 3.63) is 0 Å². The van der Waals surface area contributed by atoms with Gasteiger partial charge in [-0.1, -0.05) is 27.7 Å². The summed E-state index contributed by atoms with van der Waals surface area (Å²) in [5, 5.41) is 0. The first-order valence-electron chi connectivity index (χ1n) is 10.7. The van der Waals surface area contributed by atoms with Crippen molar-refractivity contribution >= 4 is 9.76 Å². The van der Waals surface area contributed by atoms with Gasteiger partial charge in [-0.25, -0.2) is 0 Å². The van der Waals surface area contributed by atoms with E-state index in [1.165, 1.54) is 77.8 Å². The van der Waals surface area contributed by atoms with Crippen LogP contribution in [-0.2, 0) is 4.43 Å². The predicted molar refractivity (Wildman–Crippen MR) is 115 cm³/mol. The van der Waals surface area contributed by atoms with Crippen LogP contribution in [0.5, 0.6) is 0 Å². The summed E-state index contributed by atoms with van der Waals surface area (Å²) in [5.74, 6) is 0. The van der Waals surface area contributed by atoms with Gasteiger partial charge in [0.1, 0.15) is 0 Å². The van der Waals surface area contributed by atoms with Gasteiger partial charge in [-0.05, 0) is 98.6 Å². The third-order valence-corrected chi connectivity index (χ3v) is 6.52. The van der Waals surface area contributed by atoms with Crippen LogP contribution in [0.25, 0.3) is 0 Å². The second-order valence-corrected chi connectivity index (χ2v) is 9.32. The third kappa shape index (κ3) is 14.9. The zero-order chi connectivity index (χ0) is 19.1. The molecule has 0 atom stereocenters. The second kappa shape index (κ2) is 15.1. The van der Waals surface area contributed by atoms with Crippen LogP contribution >= 0.6 is 0 Å². The maximum Gasteiger partial charge on any atom is 0.163 e. The van der Waals surface area contributed by atoms with Gasteiger partial charge in [-0.2, -0.15) is 0 Å². The van der Waals surface area contributed by atoms with Gasteiger partial charge in [-0.15, -0.1) is 0 Å². The van der Waals surface area contributed by atoms with Crippen LogP contribution in [0.3, 0.4) is 0 Å². The molecule has 0 aliphatic rings. The van der Waals surface area contributed by atoms with E-state index >= 15 is 0 Å². The molecule has 0 spiro atoms. The Labute approximate surface area is 161 Å². The lowest BCUT2D eigenvalue weighted by Crippen LogP contribution is -2.34. The van der Waals surface area contributed by atoms with Crippen LogP contribution in [0.4, 0.5) is 0 Å². The summed E-state index contributed by atoms with van der Waals surface area (Å²) in [4.78, 5) is 7.75. The molecule has 152 valence electrons. The topological polar surface area (TPSA) is 19.0 Å². The summed E-state index contributed by atoms with van der Waals surface area (Å²) in [7, 11) is -0.394. The van der Waals surface area contributed by atoms with Crippen molar-refractivity contribution in [2.45, 2.75) is 73.0 Å². The molecule has 25 heavy (non-hydrogen) atoms. The highest BCUT2D eigenvalue weighted by Crippen LogP contribution is 2.07. The smallest absolute Gasteiger partial charge is 0.163 e. The van der Waals surface area contributed by atoms with Crippen molar-refractivity contribution < 1.29 is 4.43 Å². The lowest BCUT2D eigenvalue weighted by atomic mass is 10.2. The number of hydrogen-bond acceptors (Lipinski definition) is 4. The van der Waals surface area contributed by atoms with Crippen LogP contribution in [0, 0.1) is 0 Å². The second-order valence-electron chi connectivity index (χ2n) is 7.92. The Hall–Kier alpha value is 0.0569. The van der Waals surface area contributed by atoms with Gasteiger partial charge in [0.15, 0.2) is 9.76 Å². The SMILES string of the molecule is CCN(CC)CCCN(CCCN(CC)CC)CC[SiH2]OC(C)(C)C. The first-order valence-corrected chi connectivity index (χ1v) is 12.2. The molecule has 0 aromatic carbocycles. The van der Waals surface area contributed by atoms with Gasteiger partial charge in [-0.3, -0.25) is 0 Å². The van der Waals surface area contributed by atoms with E-state index in [-0.39, 0.29) is 5.60 Å². The molecule has 0 heterocycles. The monoisotopic (exact) mass is 373 g/mol. The van der Waals surface area contributed by atoms with Crippen LogP contribution in [-0.4, -0.2) is 89.0 Å². The Bertz CT molecular complexity index is 271. The normalized spacial score (nSPS) is 13.2. The van der Waals surface area contributed by atoms with Gasteiger partial charge in [0.2, 0.25) is 0 Å². The fourth-order valence-corrected chi connectivity index (χ4v) is 4.45. The average Bonchev–Trinajstić information content (AvgIpc) is 2.57. The molecular weight excluding hydrogens is 326 g/mol. The fraction of sp³-hybridized carbons (Fsp3) is 1.00. The first-order chi connectivity index (χ1) is 11.9.